The molecule has 0 bridgehead atoms. The fourth-order valence-electron chi connectivity index (χ4n) is 1.76. The van der Waals surface area contributed by atoms with Crippen LogP contribution >= 0.6 is 0 Å². The molecule has 1 atom stereocenters. The second-order valence-corrected chi connectivity index (χ2v) is 5.96. The zero-order valence-corrected chi connectivity index (χ0v) is 12.6. The number of carbonyl (C=O) groups excluding carboxylic acids is 1. The highest BCUT2D eigenvalue weighted by atomic mass is 16.4. The average Bonchev–Trinajstić information content (AvgIpc) is 2.69. The number of carboxylic acid groups (broad SMARTS) is 1. The van der Waals surface area contributed by atoms with Crippen LogP contribution in [0.5, 0.6) is 0 Å². The summed E-state index contributed by atoms with van der Waals surface area (Å²) in [4.78, 5) is 24.6. The summed E-state index contributed by atoms with van der Waals surface area (Å²) in [6.07, 6.45) is 0. The molecule has 1 heterocycles. The molecule has 1 aromatic rings. The van der Waals surface area contributed by atoms with Gasteiger partial charge >= 0.3 is 12.0 Å². The van der Waals surface area contributed by atoms with Gasteiger partial charge in [-0.2, -0.15) is 0 Å². The van der Waals surface area contributed by atoms with Crippen LogP contribution in [0.3, 0.4) is 0 Å². The minimum atomic E-state index is -1.05. The van der Waals surface area contributed by atoms with Crippen molar-refractivity contribution < 1.29 is 19.1 Å². The van der Waals surface area contributed by atoms with Crippen molar-refractivity contribution in [3.63, 3.8) is 0 Å². The summed E-state index contributed by atoms with van der Waals surface area (Å²) >= 11 is 0. The molecular weight excluding hydrogens is 260 g/mol. The molecule has 0 saturated heterocycles. The lowest BCUT2D eigenvalue weighted by Gasteiger charge is -2.29. The predicted octanol–water partition coefficient (Wildman–Crippen LogP) is 2.23. The van der Waals surface area contributed by atoms with E-state index in [1.54, 1.807) is 33.9 Å². The largest absolute Gasteiger partial charge is 0.480 e. The van der Waals surface area contributed by atoms with E-state index in [4.69, 9.17) is 4.42 Å². The first kappa shape index (κ1) is 16.1. The number of furan rings is 1. The van der Waals surface area contributed by atoms with Crippen LogP contribution in [0.15, 0.2) is 16.5 Å². The fourth-order valence-corrected chi connectivity index (χ4v) is 1.76. The molecule has 1 unspecified atom stereocenters. The first-order valence-corrected chi connectivity index (χ1v) is 6.41. The van der Waals surface area contributed by atoms with Crippen LogP contribution in [0, 0.1) is 12.3 Å². The first-order chi connectivity index (χ1) is 9.11. The molecular formula is C14H22N2O4. The number of carbonyl (C=O) groups is 2. The van der Waals surface area contributed by atoms with Gasteiger partial charge in [0.1, 0.15) is 17.6 Å². The van der Waals surface area contributed by atoms with E-state index in [0.29, 0.717) is 5.76 Å². The van der Waals surface area contributed by atoms with Crippen molar-refractivity contribution in [2.45, 2.75) is 40.3 Å². The van der Waals surface area contributed by atoms with Crippen molar-refractivity contribution in [1.82, 2.24) is 10.2 Å². The lowest BCUT2D eigenvalue weighted by atomic mass is 9.87. The van der Waals surface area contributed by atoms with Crippen molar-refractivity contribution in [1.29, 1.82) is 0 Å². The van der Waals surface area contributed by atoms with Crippen LogP contribution in [0.1, 0.15) is 32.3 Å². The third kappa shape index (κ3) is 4.29. The Balaban J connectivity index is 2.67. The van der Waals surface area contributed by atoms with Crippen molar-refractivity contribution in [2.75, 3.05) is 7.05 Å². The molecule has 6 heteroatoms. The number of hydrogen-bond acceptors (Lipinski definition) is 3. The number of aliphatic carboxylic acids is 1. The highest BCUT2D eigenvalue weighted by Gasteiger charge is 2.33. The lowest BCUT2D eigenvalue weighted by molar-refractivity contribution is -0.142. The average molecular weight is 282 g/mol. The van der Waals surface area contributed by atoms with E-state index >= 15 is 0 Å². The van der Waals surface area contributed by atoms with Gasteiger partial charge < -0.3 is 19.7 Å². The van der Waals surface area contributed by atoms with Gasteiger partial charge in [0.15, 0.2) is 0 Å². The second-order valence-electron chi connectivity index (χ2n) is 5.96. The molecule has 1 rings (SSSR count). The van der Waals surface area contributed by atoms with E-state index in [1.165, 1.54) is 4.90 Å². The molecule has 1 aromatic heterocycles. The maximum absolute atomic E-state index is 12.0. The van der Waals surface area contributed by atoms with E-state index in [9.17, 15) is 14.7 Å². The smallest absolute Gasteiger partial charge is 0.326 e. The summed E-state index contributed by atoms with van der Waals surface area (Å²) < 4.78 is 5.39. The van der Waals surface area contributed by atoms with Crippen molar-refractivity contribution in [3.8, 4) is 0 Å². The van der Waals surface area contributed by atoms with Crippen LogP contribution < -0.4 is 5.32 Å². The Morgan fingerprint density at radius 1 is 1.40 bits per heavy atom. The Kier molecular flexibility index (Phi) is 4.81. The number of hydrogen-bond donors (Lipinski definition) is 2. The predicted molar refractivity (Wildman–Crippen MR) is 74.3 cm³/mol. The van der Waals surface area contributed by atoms with Gasteiger partial charge in [0.2, 0.25) is 0 Å². The van der Waals surface area contributed by atoms with Crippen LogP contribution in [0.4, 0.5) is 4.79 Å². The maximum atomic E-state index is 12.0. The summed E-state index contributed by atoms with van der Waals surface area (Å²) in [6, 6.07) is 2.21. The SMILES string of the molecule is Cc1ccc(CN(C)C(=O)NC(C(=O)O)C(C)(C)C)o1. The van der Waals surface area contributed by atoms with Crippen LogP contribution in [0.25, 0.3) is 0 Å². The van der Waals surface area contributed by atoms with E-state index < -0.39 is 23.5 Å². The van der Waals surface area contributed by atoms with Gasteiger partial charge in [-0.3, -0.25) is 0 Å². The summed E-state index contributed by atoms with van der Waals surface area (Å²) in [5.74, 6) is 0.378. The minimum Gasteiger partial charge on any atom is -0.480 e. The number of nitrogens with one attached hydrogen (secondary N) is 1. The van der Waals surface area contributed by atoms with Crippen LogP contribution in [-0.4, -0.2) is 35.1 Å². The van der Waals surface area contributed by atoms with Crippen molar-refractivity contribution >= 4 is 12.0 Å². The monoisotopic (exact) mass is 282 g/mol. The molecule has 6 nitrogen and oxygen atoms in total. The normalized spacial score (nSPS) is 12.8. The van der Waals surface area contributed by atoms with Crippen molar-refractivity contribution in [2.24, 2.45) is 5.41 Å². The molecule has 0 fully saturated rings. The summed E-state index contributed by atoms with van der Waals surface area (Å²) in [5, 5.41) is 11.7. The number of aryl methyl sites for hydroxylation is 1. The zero-order valence-electron chi connectivity index (χ0n) is 12.6. The Morgan fingerprint density at radius 2 is 2.00 bits per heavy atom. The number of rotatable bonds is 4. The topological polar surface area (TPSA) is 82.8 Å². The summed E-state index contributed by atoms with van der Waals surface area (Å²) in [6.45, 7) is 7.41. The van der Waals surface area contributed by atoms with Gasteiger partial charge in [-0.1, -0.05) is 20.8 Å². The molecule has 0 aliphatic heterocycles. The van der Waals surface area contributed by atoms with Gasteiger partial charge in [0.05, 0.1) is 6.54 Å². The molecule has 0 aliphatic carbocycles. The molecule has 2 amide bonds. The highest BCUT2D eigenvalue weighted by molar-refractivity contribution is 5.83. The number of amides is 2. The quantitative estimate of drug-likeness (QED) is 0.887. The van der Waals surface area contributed by atoms with E-state index in [-0.39, 0.29) is 6.54 Å². The standard InChI is InChI=1S/C14H22N2O4/c1-9-6-7-10(20-9)8-16(5)13(19)15-11(12(17)18)14(2,3)4/h6-7,11H,8H2,1-5H3,(H,15,19)(H,17,18). The Bertz CT molecular complexity index is 488. The Hall–Kier alpha value is -1.98. The zero-order chi connectivity index (χ0) is 15.5. The number of carboxylic acids is 1. The Morgan fingerprint density at radius 3 is 2.40 bits per heavy atom. The highest BCUT2D eigenvalue weighted by Crippen LogP contribution is 2.19. The van der Waals surface area contributed by atoms with E-state index in [1.807, 2.05) is 13.0 Å². The van der Waals surface area contributed by atoms with Crippen molar-refractivity contribution in [3.05, 3.63) is 23.7 Å². The van der Waals surface area contributed by atoms with Crippen LogP contribution in [-0.2, 0) is 11.3 Å². The third-order valence-corrected chi connectivity index (χ3v) is 2.92. The first-order valence-electron chi connectivity index (χ1n) is 6.41. The third-order valence-electron chi connectivity index (χ3n) is 2.92. The number of urea groups is 1. The fraction of sp³-hybridized carbons (Fsp3) is 0.571. The maximum Gasteiger partial charge on any atom is 0.326 e. The van der Waals surface area contributed by atoms with E-state index in [2.05, 4.69) is 5.32 Å². The molecule has 0 aliphatic rings. The molecule has 0 radical (unpaired) electrons. The molecule has 112 valence electrons. The molecule has 2 N–H and O–H groups in total. The molecule has 0 spiro atoms. The number of nitrogens with zero attached hydrogens (tertiary/aromatic N) is 1. The minimum absolute atomic E-state index is 0.288. The second kappa shape index (κ2) is 5.98. The van der Waals surface area contributed by atoms with Gasteiger partial charge in [0.25, 0.3) is 0 Å². The summed E-state index contributed by atoms with van der Waals surface area (Å²) in [5.41, 5.74) is -0.566. The van der Waals surface area contributed by atoms with Gasteiger partial charge in [-0.25, -0.2) is 9.59 Å². The van der Waals surface area contributed by atoms with Gasteiger partial charge in [-0.15, -0.1) is 0 Å². The van der Waals surface area contributed by atoms with Crippen LogP contribution in [0.2, 0.25) is 0 Å². The molecule has 0 saturated carbocycles. The Labute approximate surface area is 118 Å². The molecule has 0 aromatic carbocycles. The van der Waals surface area contributed by atoms with E-state index in [0.717, 1.165) is 5.76 Å². The summed E-state index contributed by atoms with van der Waals surface area (Å²) in [7, 11) is 1.59. The lowest BCUT2D eigenvalue weighted by Crippen LogP contribution is -2.52. The van der Waals surface area contributed by atoms with Gasteiger partial charge in [0, 0.05) is 7.05 Å². The van der Waals surface area contributed by atoms with Gasteiger partial charge in [-0.05, 0) is 24.5 Å². The molecule has 20 heavy (non-hydrogen) atoms.